The van der Waals surface area contributed by atoms with Gasteiger partial charge >= 0.3 is 0 Å². The van der Waals surface area contributed by atoms with E-state index < -0.39 is 0 Å². The molecular formula is C20H18N6OS. The number of carbonyl (C=O) groups is 1. The number of hydrogen-bond acceptors (Lipinski definition) is 7. The Morgan fingerprint density at radius 2 is 1.82 bits per heavy atom. The number of rotatable bonds is 2. The second-order valence-corrected chi connectivity index (χ2v) is 7.60. The van der Waals surface area contributed by atoms with Crippen molar-refractivity contribution in [3.8, 4) is 0 Å². The van der Waals surface area contributed by atoms with E-state index in [9.17, 15) is 4.79 Å². The number of aromatic nitrogens is 3. The molecule has 4 aromatic rings. The SMILES string of the molecule is Nc1nc(N2CCN(C(=O)c3nccc4ccccc34)CC2)c2ccsc2n1. The summed E-state index contributed by atoms with van der Waals surface area (Å²) in [6.07, 6.45) is 1.70. The summed E-state index contributed by atoms with van der Waals surface area (Å²) in [5.74, 6) is 1.10. The van der Waals surface area contributed by atoms with Crippen molar-refractivity contribution in [2.24, 2.45) is 0 Å². The van der Waals surface area contributed by atoms with Crippen LogP contribution in [0, 0.1) is 0 Å². The third-order valence-corrected chi connectivity index (χ3v) is 5.87. The molecule has 0 unspecified atom stereocenters. The van der Waals surface area contributed by atoms with Gasteiger partial charge < -0.3 is 15.5 Å². The summed E-state index contributed by atoms with van der Waals surface area (Å²) in [6.45, 7) is 2.61. The second kappa shape index (κ2) is 6.72. The zero-order chi connectivity index (χ0) is 19.1. The highest BCUT2D eigenvalue weighted by atomic mass is 32.1. The highest BCUT2D eigenvalue weighted by Crippen LogP contribution is 2.29. The van der Waals surface area contributed by atoms with Crippen molar-refractivity contribution in [1.82, 2.24) is 19.9 Å². The fourth-order valence-electron chi connectivity index (χ4n) is 3.66. The van der Waals surface area contributed by atoms with E-state index in [0.29, 0.717) is 31.9 Å². The largest absolute Gasteiger partial charge is 0.368 e. The van der Waals surface area contributed by atoms with Crippen molar-refractivity contribution in [2.75, 3.05) is 36.8 Å². The van der Waals surface area contributed by atoms with Crippen molar-refractivity contribution in [3.05, 3.63) is 53.7 Å². The third kappa shape index (κ3) is 2.82. The van der Waals surface area contributed by atoms with E-state index in [1.165, 1.54) is 0 Å². The zero-order valence-corrected chi connectivity index (χ0v) is 15.9. The first-order valence-electron chi connectivity index (χ1n) is 9.09. The van der Waals surface area contributed by atoms with Crippen LogP contribution in [0.25, 0.3) is 21.0 Å². The van der Waals surface area contributed by atoms with Crippen LogP contribution in [0.2, 0.25) is 0 Å². The zero-order valence-electron chi connectivity index (χ0n) is 15.1. The van der Waals surface area contributed by atoms with Crippen LogP contribution in [0.3, 0.4) is 0 Å². The molecule has 0 bridgehead atoms. The maximum absolute atomic E-state index is 13.1. The molecule has 1 saturated heterocycles. The van der Waals surface area contributed by atoms with Crippen LogP contribution < -0.4 is 10.6 Å². The minimum Gasteiger partial charge on any atom is -0.368 e. The Balaban J connectivity index is 1.38. The molecule has 5 rings (SSSR count). The molecule has 1 amide bonds. The number of anilines is 2. The van der Waals surface area contributed by atoms with Crippen LogP contribution >= 0.6 is 11.3 Å². The number of thiophene rings is 1. The van der Waals surface area contributed by atoms with E-state index in [1.54, 1.807) is 17.5 Å². The molecule has 1 aliphatic rings. The van der Waals surface area contributed by atoms with Crippen molar-refractivity contribution in [1.29, 1.82) is 0 Å². The predicted octanol–water partition coefficient (Wildman–Crippen LogP) is 2.78. The Labute approximate surface area is 165 Å². The number of pyridine rings is 1. The number of nitrogens with zero attached hydrogens (tertiary/aromatic N) is 5. The topological polar surface area (TPSA) is 88.2 Å². The number of nitrogens with two attached hydrogens (primary N) is 1. The van der Waals surface area contributed by atoms with Gasteiger partial charge in [0.05, 0.1) is 5.39 Å². The smallest absolute Gasteiger partial charge is 0.273 e. The number of fused-ring (bicyclic) bond motifs is 2. The Kier molecular flexibility index (Phi) is 4.05. The van der Waals surface area contributed by atoms with Gasteiger partial charge in [0.1, 0.15) is 16.3 Å². The fourth-order valence-corrected chi connectivity index (χ4v) is 4.42. The van der Waals surface area contributed by atoms with Crippen LogP contribution in [0.1, 0.15) is 10.5 Å². The van der Waals surface area contributed by atoms with Gasteiger partial charge in [-0.05, 0) is 22.9 Å². The summed E-state index contributed by atoms with van der Waals surface area (Å²) in [7, 11) is 0. The Morgan fingerprint density at radius 3 is 2.68 bits per heavy atom. The predicted molar refractivity (Wildman–Crippen MR) is 112 cm³/mol. The van der Waals surface area contributed by atoms with Gasteiger partial charge in [0.25, 0.3) is 5.91 Å². The average Bonchev–Trinajstić information content (AvgIpc) is 3.21. The van der Waals surface area contributed by atoms with E-state index in [4.69, 9.17) is 5.73 Å². The normalized spacial score (nSPS) is 14.7. The summed E-state index contributed by atoms with van der Waals surface area (Å²) in [4.78, 5) is 31.1. The van der Waals surface area contributed by atoms with E-state index in [-0.39, 0.29) is 11.9 Å². The number of carbonyl (C=O) groups excluding carboxylic acids is 1. The van der Waals surface area contributed by atoms with Gasteiger partial charge in [-0.1, -0.05) is 24.3 Å². The van der Waals surface area contributed by atoms with Crippen LogP contribution in [0.15, 0.2) is 48.0 Å². The van der Waals surface area contributed by atoms with Gasteiger partial charge in [0.2, 0.25) is 5.95 Å². The molecule has 8 heteroatoms. The van der Waals surface area contributed by atoms with Crippen LogP contribution in [-0.4, -0.2) is 51.9 Å². The van der Waals surface area contributed by atoms with E-state index in [0.717, 1.165) is 26.8 Å². The lowest BCUT2D eigenvalue weighted by atomic mass is 10.1. The molecule has 7 nitrogen and oxygen atoms in total. The Morgan fingerprint density at radius 1 is 1.00 bits per heavy atom. The van der Waals surface area contributed by atoms with Crippen LogP contribution in [0.4, 0.5) is 11.8 Å². The number of piperazine rings is 1. The van der Waals surface area contributed by atoms with Gasteiger partial charge in [-0.15, -0.1) is 11.3 Å². The van der Waals surface area contributed by atoms with Crippen molar-refractivity contribution in [3.63, 3.8) is 0 Å². The van der Waals surface area contributed by atoms with Gasteiger partial charge in [-0.25, -0.2) is 4.98 Å². The standard InChI is InChI=1S/C20H18N6OS/c21-20-23-17(15-6-12-28-18(15)24-20)25-8-10-26(11-9-25)19(27)16-14-4-2-1-3-13(14)5-7-22-16/h1-7,12H,8-11H2,(H2,21,23,24). The van der Waals surface area contributed by atoms with Gasteiger partial charge in [0, 0.05) is 37.8 Å². The molecule has 28 heavy (non-hydrogen) atoms. The molecule has 0 aliphatic carbocycles. The lowest BCUT2D eigenvalue weighted by Gasteiger charge is -2.35. The Hall–Kier alpha value is -3.26. The molecule has 0 radical (unpaired) electrons. The van der Waals surface area contributed by atoms with Crippen molar-refractivity contribution in [2.45, 2.75) is 0 Å². The summed E-state index contributed by atoms with van der Waals surface area (Å²) < 4.78 is 0. The molecule has 1 fully saturated rings. The number of benzene rings is 1. The molecule has 1 aliphatic heterocycles. The number of amides is 1. The van der Waals surface area contributed by atoms with E-state index in [2.05, 4.69) is 19.9 Å². The maximum atomic E-state index is 13.1. The molecule has 0 saturated carbocycles. The first kappa shape index (κ1) is 16.9. The van der Waals surface area contributed by atoms with Gasteiger partial charge in [-0.3, -0.25) is 9.78 Å². The highest BCUT2D eigenvalue weighted by Gasteiger charge is 2.26. The fraction of sp³-hybridized carbons (Fsp3) is 0.200. The van der Waals surface area contributed by atoms with E-state index >= 15 is 0 Å². The first-order chi connectivity index (χ1) is 13.7. The Bertz CT molecular complexity index is 1180. The maximum Gasteiger partial charge on any atom is 0.273 e. The van der Waals surface area contributed by atoms with Crippen LogP contribution in [-0.2, 0) is 0 Å². The van der Waals surface area contributed by atoms with E-state index in [1.807, 2.05) is 46.7 Å². The summed E-state index contributed by atoms with van der Waals surface area (Å²) >= 11 is 1.55. The molecule has 3 aromatic heterocycles. The number of hydrogen-bond donors (Lipinski definition) is 1. The lowest BCUT2D eigenvalue weighted by Crippen LogP contribution is -2.49. The lowest BCUT2D eigenvalue weighted by molar-refractivity contribution is 0.0743. The summed E-state index contributed by atoms with van der Waals surface area (Å²) in [6, 6.07) is 11.8. The van der Waals surface area contributed by atoms with Crippen molar-refractivity contribution >= 4 is 50.0 Å². The summed E-state index contributed by atoms with van der Waals surface area (Å²) in [5, 5.41) is 4.92. The second-order valence-electron chi connectivity index (χ2n) is 6.70. The molecule has 140 valence electrons. The third-order valence-electron chi connectivity index (χ3n) is 5.06. The highest BCUT2D eigenvalue weighted by molar-refractivity contribution is 7.16. The van der Waals surface area contributed by atoms with Gasteiger partial charge in [-0.2, -0.15) is 4.98 Å². The molecule has 2 N–H and O–H groups in total. The van der Waals surface area contributed by atoms with Crippen LogP contribution in [0.5, 0.6) is 0 Å². The minimum absolute atomic E-state index is 0.0284. The minimum atomic E-state index is -0.0284. The molecule has 1 aromatic carbocycles. The molecular weight excluding hydrogens is 372 g/mol. The molecule has 0 spiro atoms. The summed E-state index contributed by atoms with van der Waals surface area (Å²) in [5.41, 5.74) is 6.39. The van der Waals surface area contributed by atoms with Crippen molar-refractivity contribution < 1.29 is 4.79 Å². The quantitative estimate of drug-likeness (QED) is 0.566. The average molecular weight is 390 g/mol. The molecule has 0 atom stereocenters. The van der Waals surface area contributed by atoms with Gasteiger partial charge in [0.15, 0.2) is 0 Å². The molecule has 4 heterocycles. The first-order valence-corrected chi connectivity index (χ1v) is 9.97. The monoisotopic (exact) mass is 390 g/mol. The number of nitrogen functional groups attached to an aromatic ring is 1.